The van der Waals surface area contributed by atoms with Crippen LogP contribution >= 0.6 is 0 Å². The van der Waals surface area contributed by atoms with Gasteiger partial charge in [0.05, 0.1) is 0 Å². The third kappa shape index (κ3) is 3.57. The minimum absolute atomic E-state index is 0.125. The Morgan fingerprint density at radius 3 is 2.72 bits per heavy atom. The maximum Gasteiger partial charge on any atom is 0.273 e. The van der Waals surface area contributed by atoms with Crippen molar-refractivity contribution in [2.45, 2.75) is 31.7 Å². The lowest BCUT2D eigenvalue weighted by Crippen LogP contribution is -2.39. The van der Waals surface area contributed by atoms with E-state index in [-0.39, 0.29) is 11.9 Å². The van der Waals surface area contributed by atoms with E-state index in [4.69, 9.17) is 4.42 Å². The number of amides is 1. The summed E-state index contributed by atoms with van der Waals surface area (Å²) in [5.41, 5.74) is 0.366. The first-order valence-corrected chi connectivity index (χ1v) is 6.49. The van der Waals surface area contributed by atoms with Crippen LogP contribution < -0.4 is 5.32 Å². The molecule has 18 heavy (non-hydrogen) atoms. The van der Waals surface area contributed by atoms with E-state index in [9.17, 15) is 4.79 Å². The molecule has 1 fully saturated rings. The van der Waals surface area contributed by atoms with Crippen molar-refractivity contribution in [3.63, 3.8) is 0 Å². The summed E-state index contributed by atoms with van der Waals surface area (Å²) < 4.78 is 4.81. The van der Waals surface area contributed by atoms with Gasteiger partial charge in [0, 0.05) is 12.6 Å². The summed E-state index contributed by atoms with van der Waals surface area (Å²) >= 11 is 0. The molecule has 1 amide bonds. The van der Waals surface area contributed by atoms with Crippen LogP contribution in [0, 0.1) is 5.92 Å². The Labute approximate surface area is 108 Å². The van der Waals surface area contributed by atoms with Gasteiger partial charge < -0.3 is 14.6 Å². The fourth-order valence-corrected chi connectivity index (χ4v) is 2.59. The number of carbonyl (C=O) groups is 1. The van der Waals surface area contributed by atoms with Gasteiger partial charge in [-0.2, -0.15) is 0 Å². The van der Waals surface area contributed by atoms with Crippen LogP contribution in [0.3, 0.4) is 0 Å². The highest BCUT2D eigenvalue weighted by Crippen LogP contribution is 2.24. The highest BCUT2D eigenvalue weighted by Gasteiger charge is 2.23. The maximum atomic E-state index is 11.8. The molecule has 1 N–H and O–H groups in total. The van der Waals surface area contributed by atoms with Gasteiger partial charge in [0.15, 0.2) is 12.1 Å². The number of hydrogen-bond donors (Lipinski definition) is 1. The van der Waals surface area contributed by atoms with E-state index in [1.807, 2.05) is 0 Å². The topological polar surface area (TPSA) is 58.4 Å². The monoisotopic (exact) mass is 251 g/mol. The van der Waals surface area contributed by atoms with Crippen LogP contribution in [0.5, 0.6) is 0 Å². The Balaban J connectivity index is 1.75. The van der Waals surface area contributed by atoms with Crippen LogP contribution in [0.2, 0.25) is 0 Å². The molecule has 1 aromatic heterocycles. The standard InChI is InChI=1S/C13H21N3O2/c1-16(2)7-10-3-5-11(6-4-10)15-13(17)12-8-18-9-14-12/h8-11H,3-7H2,1-2H3,(H,15,17). The number of oxazole rings is 1. The molecule has 0 bridgehead atoms. The van der Waals surface area contributed by atoms with Crippen LogP contribution in [0.25, 0.3) is 0 Å². The highest BCUT2D eigenvalue weighted by atomic mass is 16.3. The first-order chi connectivity index (χ1) is 8.65. The average molecular weight is 251 g/mol. The molecule has 0 atom stereocenters. The van der Waals surface area contributed by atoms with Crippen molar-refractivity contribution in [3.8, 4) is 0 Å². The predicted octanol–water partition coefficient (Wildman–Crippen LogP) is 1.52. The zero-order chi connectivity index (χ0) is 13.0. The van der Waals surface area contributed by atoms with Crippen molar-refractivity contribution in [3.05, 3.63) is 18.4 Å². The average Bonchev–Trinajstić information content (AvgIpc) is 2.84. The summed E-state index contributed by atoms with van der Waals surface area (Å²) in [6.07, 6.45) is 7.14. The molecule has 2 rings (SSSR count). The second kappa shape index (κ2) is 6.00. The SMILES string of the molecule is CN(C)CC1CCC(NC(=O)c2cocn2)CC1. The maximum absolute atomic E-state index is 11.8. The van der Waals surface area contributed by atoms with Gasteiger partial charge in [0.2, 0.25) is 0 Å². The molecule has 5 nitrogen and oxygen atoms in total. The van der Waals surface area contributed by atoms with Crippen LogP contribution in [-0.4, -0.2) is 42.5 Å². The molecule has 5 heteroatoms. The fraction of sp³-hybridized carbons (Fsp3) is 0.692. The van der Waals surface area contributed by atoms with Crippen molar-refractivity contribution in [1.29, 1.82) is 0 Å². The lowest BCUT2D eigenvalue weighted by Gasteiger charge is -2.30. The third-order valence-electron chi connectivity index (χ3n) is 3.47. The van der Waals surface area contributed by atoms with Gasteiger partial charge in [-0.1, -0.05) is 0 Å². The normalized spacial score (nSPS) is 24.2. The minimum Gasteiger partial charge on any atom is -0.451 e. The molecule has 0 aromatic carbocycles. The van der Waals surface area contributed by atoms with E-state index in [1.165, 1.54) is 25.5 Å². The second-order valence-electron chi connectivity index (χ2n) is 5.33. The lowest BCUT2D eigenvalue weighted by atomic mass is 9.85. The summed E-state index contributed by atoms with van der Waals surface area (Å²) in [6.45, 7) is 1.14. The minimum atomic E-state index is -0.125. The molecule has 1 aliphatic carbocycles. The molecule has 1 saturated carbocycles. The molecule has 0 spiro atoms. The quantitative estimate of drug-likeness (QED) is 0.881. The Morgan fingerprint density at radius 2 is 2.17 bits per heavy atom. The number of rotatable bonds is 4. The van der Waals surface area contributed by atoms with Crippen molar-refractivity contribution in [2.75, 3.05) is 20.6 Å². The number of aromatic nitrogens is 1. The van der Waals surface area contributed by atoms with Gasteiger partial charge in [0.25, 0.3) is 5.91 Å². The Hall–Kier alpha value is -1.36. The van der Waals surface area contributed by atoms with Crippen molar-refractivity contribution < 1.29 is 9.21 Å². The molecular formula is C13H21N3O2. The van der Waals surface area contributed by atoms with E-state index in [0.717, 1.165) is 25.3 Å². The van der Waals surface area contributed by atoms with Crippen molar-refractivity contribution in [2.24, 2.45) is 5.92 Å². The largest absolute Gasteiger partial charge is 0.451 e. The predicted molar refractivity (Wildman–Crippen MR) is 68.3 cm³/mol. The summed E-state index contributed by atoms with van der Waals surface area (Å²) in [5.74, 6) is 0.639. The van der Waals surface area contributed by atoms with Gasteiger partial charge in [-0.15, -0.1) is 0 Å². The third-order valence-corrected chi connectivity index (χ3v) is 3.47. The molecule has 1 heterocycles. The smallest absolute Gasteiger partial charge is 0.273 e. The molecule has 0 radical (unpaired) electrons. The molecular weight excluding hydrogens is 230 g/mol. The van der Waals surface area contributed by atoms with E-state index in [2.05, 4.69) is 29.3 Å². The Kier molecular flexibility index (Phi) is 4.36. The highest BCUT2D eigenvalue weighted by molar-refractivity contribution is 5.91. The Bertz CT molecular complexity index is 368. The molecule has 1 aromatic rings. The molecule has 1 aliphatic rings. The Morgan fingerprint density at radius 1 is 1.44 bits per heavy atom. The lowest BCUT2D eigenvalue weighted by molar-refractivity contribution is 0.0914. The number of carbonyl (C=O) groups excluding carboxylic acids is 1. The van der Waals surface area contributed by atoms with Crippen molar-refractivity contribution in [1.82, 2.24) is 15.2 Å². The molecule has 0 saturated heterocycles. The van der Waals surface area contributed by atoms with Crippen LogP contribution in [-0.2, 0) is 0 Å². The van der Waals surface area contributed by atoms with Crippen LogP contribution in [0.4, 0.5) is 0 Å². The van der Waals surface area contributed by atoms with E-state index >= 15 is 0 Å². The van der Waals surface area contributed by atoms with Gasteiger partial charge >= 0.3 is 0 Å². The van der Waals surface area contributed by atoms with Gasteiger partial charge in [-0.3, -0.25) is 4.79 Å². The first-order valence-electron chi connectivity index (χ1n) is 6.49. The summed E-state index contributed by atoms with van der Waals surface area (Å²) in [6, 6.07) is 0.285. The zero-order valence-corrected chi connectivity index (χ0v) is 11.1. The van der Waals surface area contributed by atoms with E-state index in [1.54, 1.807) is 0 Å². The molecule has 0 unspecified atom stereocenters. The van der Waals surface area contributed by atoms with E-state index in [0.29, 0.717) is 5.69 Å². The molecule has 100 valence electrons. The fourth-order valence-electron chi connectivity index (χ4n) is 2.59. The van der Waals surface area contributed by atoms with E-state index < -0.39 is 0 Å². The number of nitrogens with zero attached hydrogens (tertiary/aromatic N) is 2. The summed E-state index contributed by atoms with van der Waals surface area (Å²) in [4.78, 5) is 17.9. The van der Waals surface area contributed by atoms with Gasteiger partial charge in [-0.05, 0) is 45.7 Å². The van der Waals surface area contributed by atoms with Crippen LogP contribution in [0.15, 0.2) is 17.1 Å². The second-order valence-corrected chi connectivity index (χ2v) is 5.33. The first kappa shape index (κ1) is 13.1. The zero-order valence-electron chi connectivity index (χ0n) is 11.1. The van der Waals surface area contributed by atoms with Gasteiger partial charge in [0.1, 0.15) is 6.26 Å². The van der Waals surface area contributed by atoms with Crippen molar-refractivity contribution >= 4 is 5.91 Å². The van der Waals surface area contributed by atoms with Gasteiger partial charge in [-0.25, -0.2) is 4.98 Å². The van der Waals surface area contributed by atoms with Crippen LogP contribution in [0.1, 0.15) is 36.2 Å². The number of nitrogens with one attached hydrogen (secondary N) is 1. The summed E-state index contributed by atoms with van der Waals surface area (Å²) in [5, 5.41) is 3.02. The summed E-state index contributed by atoms with van der Waals surface area (Å²) in [7, 11) is 4.22. The molecule has 0 aliphatic heterocycles. The number of hydrogen-bond acceptors (Lipinski definition) is 4.